The Balaban J connectivity index is 2.07. The van der Waals surface area contributed by atoms with Crippen molar-refractivity contribution in [2.45, 2.75) is 45.8 Å². The van der Waals surface area contributed by atoms with Crippen molar-refractivity contribution >= 4 is 0 Å². The molecule has 0 saturated carbocycles. The lowest BCUT2D eigenvalue weighted by Crippen LogP contribution is -2.45. The molecule has 0 aliphatic carbocycles. The van der Waals surface area contributed by atoms with Crippen molar-refractivity contribution < 1.29 is 4.74 Å². The molecular weight excluding hydrogens is 248 g/mol. The quantitative estimate of drug-likeness (QED) is 0.863. The molecule has 0 aromatic heterocycles. The van der Waals surface area contributed by atoms with E-state index in [0.29, 0.717) is 6.04 Å². The molecule has 1 aromatic rings. The fourth-order valence-corrected chi connectivity index (χ4v) is 2.87. The summed E-state index contributed by atoms with van der Waals surface area (Å²) < 4.78 is 5.73. The van der Waals surface area contributed by atoms with E-state index in [-0.39, 0.29) is 6.10 Å². The summed E-state index contributed by atoms with van der Waals surface area (Å²) >= 11 is 0. The van der Waals surface area contributed by atoms with Gasteiger partial charge >= 0.3 is 0 Å². The summed E-state index contributed by atoms with van der Waals surface area (Å²) in [6.07, 6.45) is 2.68. The van der Waals surface area contributed by atoms with E-state index in [9.17, 15) is 0 Å². The molecule has 0 amide bonds. The summed E-state index contributed by atoms with van der Waals surface area (Å²) in [6, 6.07) is 9.25. The highest BCUT2D eigenvalue weighted by Gasteiger charge is 2.21. The van der Waals surface area contributed by atoms with Gasteiger partial charge in [-0.3, -0.25) is 4.90 Å². The first-order chi connectivity index (χ1) is 9.70. The van der Waals surface area contributed by atoms with E-state index in [0.717, 1.165) is 31.9 Å². The summed E-state index contributed by atoms with van der Waals surface area (Å²) in [5, 5.41) is 3.43. The zero-order valence-electron chi connectivity index (χ0n) is 13.1. The van der Waals surface area contributed by atoms with Crippen molar-refractivity contribution in [2.24, 2.45) is 0 Å². The minimum absolute atomic E-state index is 0.237. The third-order valence-electron chi connectivity index (χ3n) is 3.79. The second kappa shape index (κ2) is 7.65. The second-order valence-corrected chi connectivity index (χ2v) is 5.83. The molecule has 1 aliphatic rings. The molecule has 2 rings (SSSR count). The van der Waals surface area contributed by atoms with Gasteiger partial charge in [0.25, 0.3) is 0 Å². The van der Waals surface area contributed by atoms with Crippen LogP contribution in [0.15, 0.2) is 24.3 Å². The SMILES string of the molecule is CCC[C@@H](c1ccc(OC(C)C)cc1)N1CCNCC1. The largest absolute Gasteiger partial charge is 0.491 e. The number of nitrogens with zero attached hydrogens (tertiary/aromatic N) is 1. The molecular formula is C17H28N2O. The number of piperazine rings is 1. The lowest BCUT2D eigenvalue weighted by molar-refractivity contribution is 0.164. The molecule has 1 heterocycles. The van der Waals surface area contributed by atoms with Crippen LogP contribution >= 0.6 is 0 Å². The molecule has 0 bridgehead atoms. The first-order valence-electron chi connectivity index (χ1n) is 7.92. The Morgan fingerprint density at radius 3 is 2.35 bits per heavy atom. The number of hydrogen-bond donors (Lipinski definition) is 1. The van der Waals surface area contributed by atoms with Crippen LogP contribution in [0.3, 0.4) is 0 Å². The van der Waals surface area contributed by atoms with Gasteiger partial charge in [0.05, 0.1) is 6.10 Å². The summed E-state index contributed by atoms with van der Waals surface area (Å²) in [4.78, 5) is 2.61. The van der Waals surface area contributed by atoms with Gasteiger partial charge < -0.3 is 10.1 Å². The zero-order valence-corrected chi connectivity index (χ0v) is 13.1. The Labute approximate surface area is 123 Å². The maximum Gasteiger partial charge on any atom is 0.119 e. The molecule has 0 unspecified atom stereocenters. The molecule has 1 aromatic carbocycles. The van der Waals surface area contributed by atoms with Crippen molar-refractivity contribution in [1.82, 2.24) is 10.2 Å². The lowest BCUT2D eigenvalue weighted by atomic mass is 10.00. The monoisotopic (exact) mass is 276 g/mol. The first-order valence-corrected chi connectivity index (χ1v) is 7.92. The van der Waals surface area contributed by atoms with Crippen LogP contribution in [0.1, 0.15) is 45.2 Å². The van der Waals surface area contributed by atoms with Crippen LogP contribution in [-0.4, -0.2) is 37.2 Å². The summed E-state index contributed by atoms with van der Waals surface area (Å²) in [6.45, 7) is 10.9. The molecule has 20 heavy (non-hydrogen) atoms. The topological polar surface area (TPSA) is 24.5 Å². The van der Waals surface area contributed by atoms with Gasteiger partial charge in [-0.15, -0.1) is 0 Å². The predicted octanol–water partition coefficient (Wildman–Crippen LogP) is 3.22. The van der Waals surface area contributed by atoms with Crippen molar-refractivity contribution in [1.29, 1.82) is 0 Å². The van der Waals surface area contributed by atoms with Crippen molar-refractivity contribution in [3.8, 4) is 5.75 Å². The van der Waals surface area contributed by atoms with Crippen LogP contribution in [0.2, 0.25) is 0 Å². The maximum absolute atomic E-state index is 5.73. The minimum atomic E-state index is 0.237. The van der Waals surface area contributed by atoms with E-state index < -0.39 is 0 Å². The van der Waals surface area contributed by atoms with Gasteiger partial charge in [-0.2, -0.15) is 0 Å². The van der Waals surface area contributed by atoms with Crippen LogP contribution in [0, 0.1) is 0 Å². The molecule has 1 fully saturated rings. The number of nitrogens with one attached hydrogen (secondary N) is 1. The van der Waals surface area contributed by atoms with Crippen molar-refractivity contribution in [3.05, 3.63) is 29.8 Å². The third kappa shape index (κ3) is 4.22. The minimum Gasteiger partial charge on any atom is -0.491 e. The van der Waals surface area contributed by atoms with Gasteiger partial charge in [-0.25, -0.2) is 0 Å². The fourth-order valence-electron chi connectivity index (χ4n) is 2.87. The average molecular weight is 276 g/mol. The van der Waals surface area contributed by atoms with E-state index in [4.69, 9.17) is 4.74 Å². The molecule has 0 radical (unpaired) electrons. The highest BCUT2D eigenvalue weighted by atomic mass is 16.5. The van der Waals surface area contributed by atoms with E-state index in [1.165, 1.54) is 18.4 Å². The average Bonchev–Trinajstić information content (AvgIpc) is 2.46. The molecule has 1 aliphatic heterocycles. The van der Waals surface area contributed by atoms with Gasteiger partial charge in [0.2, 0.25) is 0 Å². The molecule has 1 atom stereocenters. The van der Waals surface area contributed by atoms with Gasteiger partial charge in [0.15, 0.2) is 0 Å². The van der Waals surface area contributed by atoms with Crippen LogP contribution < -0.4 is 10.1 Å². The van der Waals surface area contributed by atoms with Crippen molar-refractivity contribution in [3.63, 3.8) is 0 Å². The van der Waals surface area contributed by atoms with E-state index in [2.05, 4.69) is 55.3 Å². The highest BCUT2D eigenvalue weighted by molar-refractivity contribution is 5.29. The Hall–Kier alpha value is -1.06. The van der Waals surface area contributed by atoms with Crippen LogP contribution in [0.5, 0.6) is 5.75 Å². The number of hydrogen-bond acceptors (Lipinski definition) is 3. The summed E-state index contributed by atoms with van der Waals surface area (Å²) in [5.41, 5.74) is 1.42. The van der Waals surface area contributed by atoms with E-state index in [1.54, 1.807) is 0 Å². The number of rotatable bonds is 6. The van der Waals surface area contributed by atoms with Crippen molar-refractivity contribution in [2.75, 3.05) is 26.2 Å². The summed E-state index contributed by atoms with van der Waals surface area (Å²) in [5.74, 6) is 0.972. The van der Waals surface area contributed by atoms with Crippen LogP contribution in [-0.2, 0) is 0 Å². The molecule has 1 N–H and O–H groups in total. The Kier molecular flexibility index (Phi) is 5.86. The van der Waals surface area contributed by atoms with Crippen LogP contribution in [0.25, 0.3) is 0 Å². The zero-order chi connectivity index (χ0) is 14.4. The Morgan fingerprint density at radius 2 is 1.80 bits per heavy atom. The smallest absolute Gasteiger partial charge is 0.119 e. The highest BCUT2D eigenvalue weighted by Crippen LogP contribution is 2.27. The van der Waals surface area contributed by atoms with Crippen LogP contribution in [0.4, 0.5) is 0 Å². The van der Waals surface area contributed by atoms with E-state index >= 15 is 0 Å². The number of ether oxygens (including phenoxy) is 1. The van der Waals surface area contributed by atoms with Gasteiger partial charge in [0.1, 0.15) is 5.75 Å². The summed E-state index contributed by atoms with van der Waals surface area (Å²) in [7, 11) is 0. The molecule has 3 heteroatoms. The molecule has 0 spiro atoms. The lowest BCUT2D eigenvalue weighted by Gasteiger charge is -2.35. The fraction of sp³-hybridized carbons (Fsp3) is 0.647. The van der Waals surface area contributed by atoms with E-state index in [1.807, 2.05) is 0 Å². The van der Waals surface area contributed by atoms with Gasteiger partial charge in [-0.1, -0.05) is 25.5 Å². The Bertz CT molecular complexity index is 382. The normalized spacial score (nSPS) is 18.2. The molecule has 1 saturated heterocycles. The first kappa shape index (κ1) is 15.3. The predicted molar refractivity (Wildman–Crippen MR) is 84.3 cm³/mol. The number of benzene rings is 1. The van der Waals surface area contributed by atoms with Gasteiger partial charge in [-0.05, 0) is 38.0 Å². The standard InChI is InChI=1S/C17H28N2O/c1-4-5-17(19-12-10-18-11-13-19)15-6-8-16(9-7-15)20-14(2)3/h6-9,14,17-18H,4-5,10-13H2,1-3H3/t17-/m0/s1. The maximum atomic E-state index is 5.73. The van der Waals surface area contributed by atoms with Gasteiger partial charge in [0, 0.05) is 32.2 Å². The second-order valence-electron chi connectivity index (χ2n) is 5.83. The Morgan fingerprint density at radius 1 is 1.15 bits per heavy atom. The molecule has 3 nitrogen and oxygen atoms in total. The molecule has 112 valence electrons. The third-order valence-corrected chi connectivity index (χ3v) is 3.79.